The van der Waals surface area contributed by atoms with E-state index in [2.05, 4.69) is 10.3 Å². The van der Waals surface area contributed by atoms with Crippen LogP contribution in [0.25, 0.3) is 11.0 Å². The van der Waals surface area contributed by atoms with Crippen LogP contribution in [0.1, 0.15) is 23.8 Å². The Balaban J connectivity index is 1.60. The van der Waals surface area contributed by atoms with E-state index >= 15 is 0 Å². The van der Waals surface area contributed by atoms with Crippen molar-refractivity contribution in [3.8, 4) is 5.75 Å². The zero-order valence-corrected chi connectivity index (χ0v) is 15.5. The topological polar surface area (TPSA) is 73.2 Å². The molecule has 2 heterocycles. The summed E-state index contributed by atoms with van der Waals surface area (Å²) in [5.74, 6) is -0.0818. The van der Waals surface area contributed by atoms with Gasteiger partial charge in [0.25, 0.3) is 5.91 Å². The summed E-state index contributed by atoms with van der Waals surface area (Å²) in [6, 6.07) is 11.3. The summed E-state index contributed by atoms with van der Waals surface area (Å²) in [6.45, 7) is -1.21. The monoisotopic (exact) mass is 403 g/mol. The number of aromatic nitrogens is 2. The highest BCUT2D eigenvalue weighted by Gasteiger charge is 2.25. The Kier molecular flexibility index (Phi) is 4.76. The number of carbonyl (C=O) groups is 2. The van der Waals surface area contributed by atoms with Crippen LogP contribution in [0.15, 0.2) is 47.6 Å². The number of thioether (sulfide) groups is 1. The number of hydrogen-bond acceptors (Lipinski definition) is 5. The third-order valence-corrected chi connectivity index (χ3v) is 5.37. The smallest absolute Gasteiger partial charge is 0.321 e. The Morgan fingerprint density at radius 2 is 2.07 bits per heavy atom. The predicted octanol–water partition coefficient (Wildman–Crippen LogP) is 4.13. The summed E-state index contributed by atoms with van der Waals surface area (Å²) in [7, 11) is 0. The number of Topliss-reactive ketones (excluding diaryl/α,β-unsaturated/α-hetero) is 1. The molecule has 0 saturated carbocycles. The first-order valence-electron chi connectivity index (χ1n) is 8.46. The molecule has 1 amide bonds. The maximum absolute atomic E-state index is 13.6. The van der Waals surface area contributed by atoms with Gasteiger partial charge in [-0.3, -0.25) is 14.2 Å². The molecule has 1 aliphatic heterocycles. The van der Waals surface area contributed by atoms with Crippen molar-refractivity contribution in [1.82, 2.24) is 9.55 Å². The first-order valence-corrected chi connectivity index (χ1v) is 9.34. The molecule has 9 heteroatoms. The van der Waals surface area contributed by atoms with E-state index in [0.717, 1.165) is 16.3 Å². The second-order valence-electron chi connectivity index (χ2n) is 6.20. The molecular formula is C19H15F2N3O3S. The van der Waals surface area contributed by atoms with Crippen molar-refractivity contribution in [2.24, 2.45) is 0 Å². The minimum atomic E-state index is -2.77. The number of imidazole rings is 1. The number of benzene rings is 2. The zero-order valence-electron chi connectivity index (χ0n) is 14.7. The lowest BCUT2D eigenvalue weighted by Crippen LogP contribution is -2.25. The number of halogens is 2. The van der Waals surface area contributed by atoms with Crippen LogP contribution in [0.4, 0.5) is 14.5 Å². The van der Waals surface area contributed by atoms with E-state index in [4.69, 9.17) is 4.74 Å². The summed E-state index contributed by atoms with van der Waals surface area (Å²) >= 11 is 0.969. The lowest BCUT2D eigenvalue weighted by molar-refractivity contribution is -0.118. The van der Waals surface area contributed by atoms with Gasteiger partial charge in [-0.15, -0.1) is 0 Å². The number of hydrogen-bond donors (Lipinski definition) is 1. The Morgan fingerprint density at radius 1 is 1.29 bits per heavy atom. The van der Waals surface area contributed by atoms with Gasteiger partial charge in [0, 0.05) is 5.56 Å². The van der Waals surface area contributed by atoms with Gasteiger partial charge >= 0.3 is 6.55 Å². The van der Waals surface area contributed by atoms with Crippen LogP contribution >= 0.6 is 11.8 Å². The van der Waals surface area contributed by atoms with Crippen LogP contribution in [0.5, 0.6) is 5.75 Å². The summed E-state index contributed by atoms with van der Waals surface area (Å²) in [5, 5.41) is 2.06. The van der Waals surface area contributed by atoms with E-state index in [1.807, 2.05) is 0 Å². The molecule has 144 valence electrons. The van der Waals surface area contributed by atoms with Gasteiger partial charge in [-0.25, -0.2) is 4.98 Å². The van der Waals surface area contributed by atoms with Crippen molar-refractivity contribution in [2.75, 3.05) is 11.9 Å². The fourth-order valence-electron chi connectivity index (χ4n) is 2.98. The first kappa shape index (κ1) is 18.4. The Labute approximate surface area is 162 Å². The normalized spacial score (nSPS) is 14.5. The van der Waals surface area contributed by atoms with Gasteiger partial charge in [-0.2, -0.15) is 8.78 Å². The van der Waals surface area contributed by atoms with E-state index < -0.39 is 11.8 Å². The summed E-state index contributed by atoms with van der Waals surface area (Å²) in [6.07, 6.45) is 0. The van der Waals surface area contributed by atoms with Crippen LogP contribution in [0.2, 0.25) is 0 Å². The molecule has 6 nitrogen and oxygen atoms in total. The quantitative estimate of drug-likeness (QED) is 0.512. The Morgan fingerprint density at radius 3 is 2.86 bits per heavy atom. The van der Waals surface area contributed by atoms with Gasteiger partial charge in [0.05, 0.1) is 22.0 Å². The van der Waals surface area contributed by atoms with Crippen molar-refractivity contribution in [1.29, 1.82) is 0 Å². The molecule has 1 N–H and O–H groups in total. The molecule has 0 unspecified atom stereocenters. The first-order chi connectivity index (χ1) is 13.4. The summed E-state index contributed by atoms with van der Waals surface area (Å²) in [4.78, 5) is 28.5. The van der Waals surface area contributed by atoms with Gasteiger partial charge in [0.15, 0.2) is 17.5 Å². The van der Waals surface area contributed by atoms with Crippen molar-refractivity contribution >= 4 is 40.2 Å². The highest BCUT2D eigenvalue weighted by Crippen LogP contribution is 2.34. The van der Waals surface area contributed by atoms with Crippen molar-refractivity contribution in [3.63, 3.8) is 0 Å². The van der Waals surface area contributed by atoms with Crippen LogP contribution in [0.3, 0.4) is 0 Å². The van der Waals surface area contributed by atoms with E-state index in [0.29, 0.717) is 28.0 Å². The zero-order chi connectivity index (χ0) is 19.8. The van der Waals surface area contributed by atoms with E-state index in [-0.39, 0.29) is 23.5 Å². The van der Waals surface area contributed by atoms with E-state index in [1.54, 1.807) is 43.3 Å². The number of para-hydroxylation sites is 2. The number of ether oxygens (including phenoxy) is 1. The molecule has 2 aromatic carbocycles. The fourth-order valence-corrected chi connectivity index (χ4v) is 3.98. The molecule has 0 spiro atoms. The lowest BCUT2D eigenvalue weighted by Gasteiger charge is -2.19. The van der Waals surface area contributed by atoms with Gasteiger partial charge in [0.2, 0.25) is 0 Å². The summed E-state index contributed by atoms with van der Waals surface area (Å²) < 4.78 is 33.2. The van der Waals surface area contributed by atoms with Crippen LogP contribution in [-0.2, 0) is 4.79 Å². The fraction of sp³-hybridized carbons (Fsp3) is 0.211. The van der Waals surface area contributed by atoms with Crippen molar-refractivity contribution in [3.05, 3.63) is 48.0 Å². The van der Waals surface area contributed by atoms with Crippen LogP contribution in [-0.4, -0.2) is 33.1 Å². The Bertz CT molecular complexity index is 1080. The van der Waals surface area contributed by atoms with Crippen LogP contribution < -0.4 is 10.1 Å². The standard InChI is InChI=1S/C19H15F2N3O3S/c1-10(17(26)11-6-7-15-13(8-11)22-16(25)9-27-15)28-19-23-12-4-2-3-5-14(12)24(19)18(20)21/h2-8,10,18H,9H2,1H3,(H,22,25)/t10-/m0/s1. The molecule has 0 bridgehead atoms. The molecule has 0 aliphatic carbocycles. The molecule has 3 aromatic rings. The number of amides is 1. The molecule has 1 aliphatic rings. The molecule has 28 heavy (non-hydrogen) atoms. The summed E-state index contributed by atoms with van der Waals surface area (Å²) in [5.41, 5.74) is 1.52. The average molecular weight is 403 g/mol. The Hall–Kier alpha value is -2.94. The third kappa shape index (κ3) is 3.33. The number of fused-ring (bicyclic) bond motifs is 2. The van der Waals surface area contributed by atoms with Gasteiger partial charge in [-0.1, -0.05) is 23.9 Å². The second kappa shape index (κ2) is 7.23. The lowest BCUT2D eigenvalue weighted by atomic mass is 10.1. The molecule has 1 aromatic heterocycles. The van der Waals surface area contributed by atoms with E-state index in [1.165, 1.54) is 6.07 Å². The maximum Gasteiger partial charge on any atom is 0.321 e. The number of carbonyl (C=O) groups excluding carboxylic acids is 2. The van der Waals surface area contributed by atoms with Crippen molar-refractivity contribution < 1.29 is 23.1 Å². The SMILES string of the molecule is C[C@H](Sc1nc2ccccc2n1C(F)F)C(=O)c1ccc2c(c1)NC(=O)CO2. The number of rotatable bonds is 5. The minimum absolute atomic E-state index is 0.0730. The highest BCUT2D eigenvalue weighted by molar-refractivity contribution is 8.00. The highest BCUT2D eigenvalue weighted by atomic mass is 32.2. The number of ketones is 1. The molecule has 4 rings (SSSR count). The van der Waals surface area contributed by atoms with Crippen LogP contribution in [0, 0.1) is 0 Å². The van der Waals surface area contributed by atoms with Crippen molar-refractivity contribution in [2.45, 2.75) is 23.9 Å². The number of nitrogens with zero attached hydrogens (tertiary/aromatic N) is 2. The average Bonchev–Trinajstić information content (AvgIpc) is 3.04. The molecule has 0 radical (unpaired) electrons. The van der Waals surface area contributed by atoms with Gasteiger partial charge in [0.1, 0.15) is 5.75 Å². The third-order valence-electron chi connectivity index (χ3n) is 4.31. The van der Waals surface area contributed by atoms with E-state index in [9.17, 15) is 18.4 Å². The molecule has 1 atom stereocenters. The minimum Gasteiger partial charge on any atom is -0.482 e. The predicted molar refractivity (Wildman–Crippen MR) is 101 cm³/mol. The maximum atomic E-state index is 13.6. The number of nitrogens with one attached hydrogen (secondary N) is 1. The molecule has 0 saturated heterocycles. The van der Waals surface area contributed by atoms with Gasteiger partial charge < -0.3 is 10.1 Å². The van der Waals surface area contributed by atoms with Gasteiger partial charge in [-0.05, 0) is 37.3 Å². The largest absolute Gasteiger partial charge is 0.482 e. The molecular weight excluding hydrogens is 388 g/mol. The number of alkyl halides is 2. The number of anilines is 1. The second-order valence-corrected chi connectivity index (χ2v) is 7.51. The molecule has 0 fully saturated rings.